The van der Waals surface area contributed by atoms with Gasteiger partial charge in [0.15, 0.2) is 0 Å². The molecule has 4 amide bonds. The number of hydrogen-bond donors (Lipinski definition) is 2. The van der Waals surface area contributed by atoms with E-state index in [0.717, 1.165) is 10.5 Å². The third kappa shape index (κ3) is 4.61. The molecule has 24 heavy (non-hydrogen) atoms. The average Bonchev–Trinajstić information content (AvgIpc) is 2.55. The van der Waals surface area contributed by atoms with E-state index in [9.17, 15) is 19.5 Å². The van der Waals surface area contributed by atoms with Crippen molar-refractivity contribution in [2.75, 3.05) is 19.8 Å². The molecule has 1 aliphatic heterocycles. The fraction of sp³-hybridized carbons (Fsp3) is 0.438. The van der Waals surface area contributed by atoms with Crippen molar-refractivity contribution in [3.05, 3.63) is 29.8 Å². The van der Waals surface area contributed by atoms with Gasteiger partial charge >= 0.3 is 18.0 Å². The number of carbonyl (C=O) groups is 3. The zero-order valence-corrected chi connectivity index (χ0v) is 13.5. The highest BCUT2D eigenvalue weighted by Gasteiger charge is 2.31. The number of phenols is 1. The fourth-order valence-corrected chi connectivity index (χ4v) is 2.34. The molecule has 0 saturated carbocycles. The molecule has 8 nitrogen and oxygen atoms in total. The number of phenolic OH excluding ortho intramolecular Hbond substituents is 1. The number of benzene rings is 1. The molecule has 0 aromatic heterocycles. The van der Waals surface area contributed by atoms with Gasteiger partial charge in [-0.3, -0.25) is 4.79 Å². The molecule has 0 radical (unpaired) electrons. The van der Waals surface area contributed by atoms with E-state index in [1.807, 2.05) is 0 Å². The molecule has 1 saturated heterocycles. The van der Waals surface area contributed by atoms with Crippen molar-refractivity contribution in [1.82, 2.24) is 15.1 Å². The number of nitrogens with zero attached hydrogens (tertiary/aromatic N) is 2. The van der Waals surface area contributed by atoms with Gasteiger partial charge in [-0.25, -0.2) is 14.5 Å². The van der Waals surface area contributed by atoms with Gasteiger partial charge in [-0.15, -0.1) is 0 Å². The largest absolute Gasteiger partial charge is 0.508 e. The van der Waals surface area contributed by atoms with Crippen LogP contribution in [0.2, 0.25) is 0 Å². The van der Waals surface area contributed by atoms with Gasteiger partial charge in [0.05, 0.1) is 13.3 Å². The minimum absolute atomic E-state index is 0.118. The summed E-state index contributed by atoms with van der Waals surface area (Å²) in [6, 6.07) is 5.63. The Hall–Kier alpha value is -2.77. The molecule has 1 aliphatic rings. The minimum atomic E-state index is -0.467. The molecular formula is C16H21N3O5. The number of nitrogens with one attached hydrogen (secondary N) is 1. The van der Waals surface area contributed by atoms with Crippen LogP contribution in [0.4, 0.5) is 9.59 Å². The Labute approximate surface area is 140 Å². The second-order valence-electron chi connectivity index (χ2n) is 5.35. The van der Waals surface area contributed by atoms with Gasteiger partial charge in [0, 0.05) is 19.5 Å². The van der Waals surface area contributed by atoms with Crippen LogP contribution >= 0.6 is 0 Å². The summed E-state index contributed by atoms with van der Waals surface area (Å²) in [5.74, 6) is -0.194. The normalized spacial score (nSPS) is 14.5. The third-order valence-electron chi connectivity index (χ3n) is 3.55. The maximum Gasteiger partial charge on any atom is 0.329 e. The Morgan fingerprint density at radius 3 is 2.67 bits per heavy atom. The van der Waals surface area contributed by atoms with E-state index < -0.39 is 12.1 Å². The first kappa shape index (κ1) is 17.6. The van der Waals surface area contributed by atoms with Crippen LogP contribution in [0, 0.1) is 0 Å². The summed E-state index contributed by atoms with van der Waals surface area (Å²) in [7, 11) is 0. The van der Waals surface area contributed by atoms with E-state index >= 15 is 0 Å². The van der Waals surface area contributed by atoms with Gasteiger partial charge < -0.3 is 20.1 Å². The number of carbonyl (C=O) groups excluding carboxylic acids is 3. The van der Waals surface area contributed by atoms with Crippen LogP contribution < -0.4 is 5.32 Å². The van der Waals surface area contributed by atoms with E-state index in [4.69, 9.17) is 4.74 Å². The highest BCUT2D eigenvalue weighted by molar-refractivity contribution is 5.95. The zero-order chi connectivity index (χ0) is 17.5. The van der Waals surface area contributed by atoms with Gasteiger partial charge in [0.2, 0.25) is 0 Å². The molecule has 1 heterocycles. The van der Waals surface area contributed by atoms with E-state index in [1.165, 1.54) is 4.90 Å². The number of ether oxygens (including phenoxy) is 1. The van der Waals surface area contributed by atoms with E-state index in [-0.39, 0.29) is 31.4 Å². The third-order valence-corrected chi connectivity index (χ3v) is 3.55. The van der Waals surface area contributed by atoms with Gasteiger partial charge in [0.25, 0.3) is 0 Å². The molecule has 8 heteroatoms. The lowest BCUT2D eigenvalue weighted by atomic mass is 10.2. The Kier molecular flexibility index (Phi) is 6.00. The van der Waals surface area contributed by atoms with E-state index in [2.05, 4.69) is 5.32 Å². The standard InChI is InChI=1S/C16H21N3O5/c1-2-24-14(21)4-3-9-19-15(22)17-11-18(16(19)23)10-12-5-7-13(20)8-6-12/h5-8,20H,2-4,9-11H2,1H3,(H,17,22). The topological polar surface area (TPSA) is 99.2 Å². The number of imide groups is 1. The summed E-state index contributed by atoms with van der Waals surface area (Å²) in [6.07, 6.45) is 0.508. The molecule has 2 N–H and O–H groups in total. The lowest BCUT2D eigenvalue weighted by Gasteiger charge is -2.34. The smallest absolute Gasteiger partial charge is 0.329 e. The van der Waals surface area contributed by atoms with Crippen LogP contribution in [0.1, 0.15) is 25.3 Å². The molecular weight excluding hydrogens is 314 g/mol. The molecule has 0 bridgehead atoms. The van der Waals surface area contributed by atoms with Crippen molar-refractivity contribution >= 4 is 18.0 Å². The number of aromatic hydroxyl groups is 1. The first-order chi connectivity index (χ1) is 11.5. The van der Waals surface area contributed by atoms with Crippen molar-refractivity contribution in [3.63, 3.8) is 0 Å². The van der Waals surface area contributed by atoms with Gasteiger partial charge in [-0.1, -0.05) is 12.1 Å². The van der Waals surface area contributed by atoms with E-state index in [0.29, 0.717) is 19.6 Å². The summed E-state index contributed by atoms with van der Waals surface area (Å²) in [5.41, 5.74) is 0.837. The van der Waals surface area contributed by atoms with Crippen LogP contribution in [-0.2, 0) is 16.1 Å². The van der Waals surface area contributed by atoms with Crippen molar-refractivity contribution in [2.24, 2.45) is 0 Å². The van der Waals surface area contributed by atoms with E-state index in [1.54, 1.807) is 31.2 Å². The van der Waals surface area contributed by atoms with Crippen LogP contribution in [0.15, 0.2) is 24.3 Å². The first-order valence-electron chi connectivity index (χ1n) is 7.79. The lowest BCUT2D eigenvalue weighted by molar-refractivity contribution is -0.143. The second kappa shape index (κ2) is 8.19. The molecule has 1 aromatic rings. The molecule has 1 aromatic carbocycles. The Morgan fingerprint density at radius 2 is 2.00 bits per heavy atom. The number of amides is 4. The molecule has 130 valence electrons. The molecule has 0 aliphatic carbocycles. The van der Waals surface area contributed by atoms with Crippen molar-refractivity contribution in [3.8, 4) is 5.75 Å². The zero-order valence-electron chi connectivity index (χ0n) is 13.5. The van der Waals surface area contributed by atoms with Gasteiger partial charge in [0.1, 0.15) is 5.75 Å². The predicted octanol–water partition coefficient (Wildman–Crippen LogP) is 1.64. The molecule has 0 unspecified atom stereocenters. The van der Waals surface area contributed by atoms with Gasteiger partial charge in [-0.05, 0) is 31.0 Å². The predicted molar refractivity (Wildman–Crippen MR) is 85.0 cm³/mol. The van der Waals surface area contributed by atoms with Crippen molar-refractivity contribution in [2.45, 2.75) is 26.3 Å². The maximum absolute atomic E-state index is 12.4. The summed E-state index contributed by atoms with van der Waals surface area (Å²) in [4.78, 5) is 38.2. The fourth-order valence-electron chi connectivity index (χ4n) is 2.34. The molecule has 0 spiro atoms. The first-order valence-corrected chi connectivity index (χ1v) is 7.79. The second-order valence-corrected chi connectivity index (χ2v) is 5.35. The molecule has 1 fully saturated rings. The lowest BCUT2D eigenvalue weighted by Crippen LogP contribution is -2.59. The maximum atomic E-state index is 12.4. The number of urea groups is 2. The summed E-state index contributed by atoms with van der Waals surface area (Å²) >= 11 is 0. The molecule has 0 atom stereocenters. The Morgan fingerprint density at radius 1 is 1.29 bits per heavy atom. The van der Waals surface area contributed by atoms with Crippen LogP contribution in [0.5, 0.6) is 5.75 Å². The summed E-state index contributed by atoms with van der Waals surface area (Å²) in [5, 5.41) is 11.9. The highest BCUT2D eigenvalue weighted by Crippen LogP contribution is 2.14. The SMILES string of the molecule is CCOC(=O)CCCN1C(=O)NCN(Cc2ccc(O)cc2)C1=O. The monoisotopic (exact) mass is 335 g/mol. The summed E-state index contributed by atoms with van der Waals surface area (Å²) < 4.78 is 4.82. The number of hydrogen-bond acceptors (Lipinski definition) is 5. The van der Waals surface area contributed by atoms with Crippen molar-refractivity contribution < 1.29 is 24.2 Å². The average molecular weight is 335 g/mol. The highest BCUT2D eigenvalue weighted by atomic mass is 16.5. The van der Waals surface area contributed by atoms with Crippen molar-refractivity contribution in [1.29, 1.82) is 0 Å². The van der Waals surface area contributed by atoms with Crippen LogP contribution in [0.25, 0.3) is 0 Å². The quantitative estimate of drug-likeness (QED) is 0.738. The number of rotatable bonds is 7. The minimum Gasteiger partial charge on any atom is -0.508 e. The Bertz CT molecular complexity index is 602. The Balaban J connectivity index is 1.91. The summed E-state index contributed by atoms with van der Waals surface area (Å²) in [6.45, 7) is 2.61. The van der Waals surface area contributed by atoms with Gasteiger partial charge in [-0.2, -0.15) is 0 Å². The molecule has 2 rings (SSSR count). The van der Waals surface area contributed by atoms with Crippen LogP contribution in [-0.4, -0.2) is 52.8 Å². The number of esters is 1. The van der Waals surface area contributed by atoms with Crippen LogP contribution in [0.3, 0.4) is 0 Å².